The number of nitrogens with one attached hydrogen (secondary N) is 1. The third-order valence-corrected chi connectivity index (χ3v) is 5.68. The van der Waals surface area contributed by atoms with Gasteiger partial charge >= 0.3 is 0 Å². The molecule has 0 radical (unpaired) electrons. The molecule has 1 saturated carbocycles. The number of rotatable bonds is 3. The second-order valence-corrected chi connectivity index (χ2v) is 6.97. The van der Waals surface area contributed by atoms with Crippen LogP contribution in [0.3, 0.4) is 0 Å². The van der Waals surface area contributed by atoms with Gasteiger partial charge < -0.3 is 10.1 Å². The molecule has 5 rings (SSSR count). The number of hydrogen-bond donors (Lipinski definition) is 1. The first-order valence-corrected chi connectivity index (χ1v) is 8.78. The Hall–Kier alpha value is -1.99. The first-order valence-electron chi connectivity index (χ1n) is 8.78. The monoisotopic (exact) mass is 327 g/mol. The fourth-order valence-electron chi connectivity index (χ4n) is 4.51. The highest BCUT2D eigenvalue weighted by Gasteiger charge is 2.56. The molecule has 3 fully saturated rings. The quantitative estimate of drug-likeness (QED) is 0.899. The van der Waals surface area contributed by atoms with Gasteiger partial charge in [-0.1, -0.05) is 0 Å². The van der Waals surface area contributed by atoms with E-state index in [1.54, 1.807) is 29.0 Å². The second kappa shape index (κ2) is 5.53. The molecule has 2 aromatic heterocycles. The van der Waals surface area contributed by atoms with Crippen molar-refractivity contribution in [2.75, 3.05) is 19.7 Å². The molecule has 1 aliphatic carbocycles. The van der Waals surface area contributed by atoms with Crippen LogP contribution in [0.2, 0.25) is 0 Å². The molecule has 4 atom stereocenters. The van der Waals surface area contributed by atoms with Crippen LogP contribution in [-0.2, 0) is 4.74 Å². The van der Waals surface area contributed by atoms with Gasteiger partial charge in [0.2, 0.25) is 0 Å². The van der Waals surface area contributed by atoms with Crippen LogP contribution in [0.1, 0.15) is 29.8 Å². The largest absolute Gasteiger partial charge is 0.376 e. The van der Waals surface area contributed by atoms with Crippen LogP contribution in [0, 0.1) is 5.92 Å². The Morgan fingerprint density at radius 2 is 2.21 bits per heavy atom. The fraction of sp³-hybridized carbons (Fsp3) is 0.588. The summed E-state index contributed by atoms with van der Waals surface area (Å²) in [6.07, 6.45) is 7.31. The number of ether oxygens (including phenoxy) is 1. The Bertz CT molecular complexity index is 731. The summed E-state index contributed by atoms with van der Waals surface area (Å²) in [5.74, 6) is 0.328. The van der Waals surface area contributed by atoms with Crippen LogP contribution in [0.15, 0.2) is 24.5 Å². The molecule has 4 heterocycles. The summed E-state index contributed by atoms with van der Waals surface area (Å²) in [5, 5.41) is 7.56. The Labute approximate surface area is 140 Å². The predicted molar refractivity (Wildman–Crippen MR) is 86.7 cm³/mol. The summed E-state index contributed by atoms with van der Waals surface area (Å²) in [6.45, 7) is 3.04. The Balaban J connectivity index is 1.36. The lowest BCUT2D eigenvalue weighted by molar-refractivity contribution is -0.0747. The van der Waals surface area contributed by atoms with E-state index < -0.39 is 0 Å². The van der Waals surface area contributed by atoms with Gasteiger partial charge in [-0.15, -0.1) is 0 Å². The van der Waals surface area contributed by atoms with Crippen LogP contribution < -0.4 is 5.32 Å². The minimum Gasteiger partial charge on any atom is -0.376 e. The Kier molecular flexibility index (Phi) is 3.31. The second-order valence-electron chi connectivity index (χ2n) is 6.97. The predicted octanol–water partition coefficient (Wildman–Crippen LogP) is 0.711. The summed E-state index contributed by atoms with van der Waals surface area (Å²) in [7, 11) is 0. The highest BCUT2D eigenvalue weighted by atomic mass is 16.5. The van der Waals surface area contributed by atoms with Gasteiger partial charge in [-0.25, -0.2) is 9.50 Å². The average Bonchev–Trinajstić information content (AvgIpc) is 3.32. The maximum absolute atomic E-state index is 12.7. The minimum absolute atomic E-state index is 0.111. The lowest BCUT2D eigenvalue weighted by Crippen LogP contribution is -2.70. The van der Waals surface area contributed by atoms with Gasteiger partial charge in [0.15, 0.2) is 11.3 Å². The number of nitrogens with zero attached hydrogens (tertiary/aromatic N) is 4. The van der Waals surface area contributed by atoms with E-state index in [1.807, 2.05) is 0 Å². The van der Waals surface area contributed by atoms with Crippen LogP contribution in [0.25, 0.3) is 5.65 Å². The third kappa shape index (κ3) is 2.15. The summed E-state index contributed by atoms with van der Waals surface area (Å²) < 4.78 is 7.55. The molecular formula is C17H21N5O2. The van der Waals surface area contributed by atoms with E-state index in [0.29, 0.717) is 23.3 Å². The molecule has 24 heavy (non-hydrogen) atoms. The molecule has 1 N–H and O–H groups in total. The lowest BCUT2D eigenvalue weighted by Gasteiger charge is -2.51. The Morgan fingerprint density at radius 3 is 3.04 bits per heavy atom. The summed E-state index contributed by atoms with van der Waals surface area (Å²) in [5.41, 5.74) is 1.12. The summed E-state index contributed by atoms with van der Waals surface area (Å²) >= 11 is 0. The van der Waals surface area contributed by atoms with Gasteiger partial charge in [-0.05, 0) is 38.4 Å². The van der Waals surface area contributed by atoms with E-state index in [1.165, 1.54) is 12.8 Å². The molecule has 0 unspecified atom stereocenters. The van der Waals surface area contributed by atoms with E-state index in [-0.39, 0.29) is 18.1 Å². The van der Waals surface area contributed by atoms with Crippen molar-refractivity contribution in [3.8, 4) is 0 Å². The van der Waals surface area contributed by atoms with Gasteiger partial charge in [0.05, 0.1) is 18.2 Å². The number of aromatic nitrogens is 3. The molecule has 7 heteroatoms. The third-order valence-electron chi connectivity index (χ3n) is 5.68. The molecule has 126 valence electrons. The van der Waals surface area contributed by atoms with Gasteiger partial charge in [0, 0.05) is 31.0 Å². The van der Waals surface area contributed by atoms with Crippen molar-refractivity contribution in [3.63, 3.8) is 0 Å². The van der Waals surface area contributed by atoms with Crippen molar-refractivity contribution >= 4 is 11.6 Å². The zero-order chi connectivity index (χ0) is 16.1. The van der Waals surface area contributed by atoms with Gasteiger partial charge in [0.25, 0.3) is 5.91 Å². The molecule has 1 amide bonds. The van der Waals surface area contributed by atoms with Gasteiger partial charge in [-0.3, -0.25) is 9.69 Å². The van der Waals surface area contributed by atoms with Crippen LogP contribution >= 0.6 is 0 Å². The molecule has 2 saturated heterocycles. The highest BCUT2D eigenvalue weighted by molar-refractivity contribution is 5.93. The van der Waals surface area contributed by atoms with Crippen molar-refractivity contribution in [1.82, 2.24) is 24.8 Å². The molecule has 2 aromatic rings. The molecule has 0 spiro atoms. The lowest BCUT2D eigenvalue weighted by atomic mass is 9.70. The highest BCUT2D eigenvalue weighted by Crippen LogP contribution is 2.42. The SMILES string of the molecule is O=C(N[C@H]1[C@H]2CCO[C@H]2[C@@H]1N1CCCC1)c1cc2ncccn2n1. The number of fused-ring (bicyclic) bond motifs is 2. The molecule has 0 aromatic carbocycles. The van der Waals surface area contributed by atoms with Crippen LogP contribution in [0.4, 0.5) is 0 Å². The fourth-order valence-corrected chi connectivity index (χ4v) is 4.51. The van der Waals surface area contributed by atoms with Crippen molar-refractivity contribution in [1.29, 1.82) is 0 Å². The molecule has 3 aliphatic rings. The van der Waals surface area contributed by atoms with E-state index in [4.69, 9.17) is 4.74 Å². The van der Waals surface area contributed by atoms with Crippen molar-refractivity contribution in [2.24, 2.45) is 5.92 Å². The number of carbonyl (C=O) groups excluding carboxylic acids is 1. The van der Waals surface area contributed by atoms with Crippen LogP contribution in [-0.4, -0.2) is 63.3 Å². The van der Waals surface area contributed by atoms with E-state index in [9.17, 15) is 4.79 Å². The smallest absolute Gasteiger partial charge is 0.272 e. The first-order chi connectivity index (χ1) is 11.8. The van der Waals surface area contributed by atoms with E-state index in [2.05, 4.69) is 20.3 Å². The summed E-state index contributed by atoms with van der Waals surface area (Å²) in [4.78, 5) is 19.4. The maximum atomic E-state index is 12.7. The molecule has 2 aliphatic heterocycles. The van der Waals surface area contributed by atoms with Crippen LogP contribution in [0.5, 0.6) is 0 Å². The number of carbonyl (C=O) groups is 1. The topological polar surface area (TPSA) is 71.8 Å². The molecular weight excluding hydrogens is 306 g/mol. The molecule has 0 bridgehead atoms. The number of likely N-dealkylation sites (tertiary alicyclic amines) is 1. The van der Waals surface area contributed by atoms with Crippen molar-refractivity contribution < 1.29 is 9.53 Å². The summed E-state index contributed by atoms with van der Waals surface area (Å²) in [6, 6.07) is 4.03. The normalized spacial score (nSPS) is 32.7. The Morgan fingerprint density at radius 1 is 1.33 bits per heavy atom. The van der Waals surface area contributed by atoms with E-state index >= 15 is 0 Å². The number of hydrogen-bond acceptors (Lipinski definition) is 5. The average molecular weight is 327 g/mol. The zero-order valence-electron chi connectivity index (χ0n) is 13.5. The standard InChI is InChI=1S/C17H21N5O2/c23-17(12-10-13-18-5-3-8-22(13)20-12)19-14-11-4-9-24-16(11)15(14)21-6-1-2-7-21/h3,5,8,10-11,14-16H,1-2,4,6-7,9H2,(H,19,23)/t11-,14+,15-,16-/m1/s1. The first kappa shape index (κ1) is 14.4. The zero-order valence-corrected chi connectivity index (χ0v) is 13.5. The maximum Gasteiger partial charge on any atom is 0.272 e. The van der Waals surface area contributed by atoms with Crippen molar-refractivity contribution in [2.45, 2.75) is 37.5 Å². The van der Waals surface area contributed by atoms with E-state index in [0.717, 1.165) is 26.1 Å². The number of amides is 1. The molecule has 7 nitrogen and oxygen atoms in total. The minimum atomic E-state index is -0.111. The van der Waals surface area contributed by atoms with Gasteiger partial charge in [-0.2, -0.15) is 5.10 Å². The van der Waals surface area contributed by atoms with Crippen molar-refractivity contribution in [3.05, 3.63) is 30.2 Å². The van der Waals surface area contributed by atoms with Gasteiger partial charge in [0.1, 0.15) is 0 Å².